The summed E-state index contributed by atoms with van der Waals surface area (Å²) in [7, 11) is 0. The summed E-state index contributed by atoms with van der Waals surface area (Å²) in [6.07, 6.45) is 5.83. The van der Waals surface area contributed by atoms with E-state index in [1.807, 2.05) is 17.0 Å². The third kappa shape index (κ3) is 2.73. The third-order valence-electron chi connectivity index (χ3n) is 4.77. The van der Waals surface area contributed by atoms with Crippen molar-refractivity contribution in [2.45, 2.75) is 43.9 Å². The van der Waals surface area contributed by atoms with E-state index in [9.17, 15) is 4.79 Å². The highest BCUT2D eigenvalue weighted by Crippen LogP contribution is 2.40. The largest absolute Gasteiger partial charge is 0.339 e. The average molecular weight is 312 g/mol. The van der Waals surface area contributed by atoms with Crippen molar-refractivity contribution in [3.05, 3.63) is 41.8 Å². The third-order valence-corrected chi connectivity index (χ3v) is 4.77. The van der Waals surface area contributed by atoms with Crippen molar-refractivity contribution in [2.75, 3.05) is 13.1 Å². The zero-order valence-electron chi connectivity index (χ0n) is 13.2. The molecule has 0 N–H and O–H groups in total. The number of carbonyl (C=O) groups is 1. The molecule has 0 spiro atoms. The van der Waals surface area contributed by atoms with Gasteiger partial charge in [0.2, 0.25) is 5.89 Å². The molecular weight excluding hydrogens is 292 g/mol. The first-order chi connectivity index (χ1) is 11.2. The van der Waals surface area contributed by atoms with Crippen LogP contribution in [0, 0.1) is 0 Å². The normalized spacial score (nSPS) is 24.7. The monoisotopic (exact) mass is 312 g/mol. The van der Waals surface area contributed by atoms with Crippen LogP contribution >= 0.6 is 0 Å². The minimum absolute atomic E-state index is 0.0292. The van der Waals surface area contributed by atoms with Gasteiger partial charge in [-0.1, -0.05) is 11.2 Å². The molecular formula is C17H20N4O2. The van der Waals surface area contributed by atoms with Gasteiger partial charge < -0.3 is 9.42 Å². The molecule has 2 fully saturated rings. The second-order valence-corrected chi connectivity index (χ2v) is 6.84. The number of hydrogen-bond donors (Lipinski definition) is 0. The van der Waals surface area contributed by atoms with Gasteiger partial charge in [0.15, 0.2) is 5.82 Å². The number of nitrogens with zero attached hydrogens (tertiary/aromatic N) is 4. The molecule has 1 amide bonds. The molecule has 3 heterocycles. The van der Waals surface area contributed by atoms with Crippen LogP contribution in [0.3, 0.4) is 0 Å². The Morgan fingerprint density at radius 2 is 2.26 bits per heavy atom. The van der Waals surface area contributed by atoms with Crippen LogP contribution in [0.25, 0.3) is 0 Å². The van der Waals surface area contributed by atoms with E-state index in [2.05, 4.69) is 22.0 Å². The maximum Gasteiger partial charge on any atom is 0.272 e. The lowest BCUT2D eigenvalue weighted by molar-refractivity contribution is 0.0614. The molecule has 1 aliphatic heterocycles. The van der Waals surface area contributed by atoms with Crippen LogP contribution in [-0.4, -0.2) is 39.0 Å². The SMILES string of the molecule is CC1(c2nc(C3CC3)no2)CCCN(C(=O)c2ccccn2)C1. The van der Waals surface area contributed by atoms with Crippen molar-refractivity contribution >= 4 is 5.91 Å². The minimum atomic E-state index is -0.275. The molecule has 4 rings (SSSR count). The van der Waals surface area contributed by atoms with Crippen LogP contribution in [-0.2, 0) is 5.41 Å². The molecule has 6 nitrogen and oxygen atoms in total. The Bertz CT molecular complexity index is 710. The minimum Gasteiger partial charge on any atom is -0.339 e. The highest BCUT2D eigenvalue weighted by atomic mass is 16.5. The predicted molar refractivity (Wildman–Crippen MR) is 83.0 cm³/mol. The first-order valence-corrected chi connectivity index (χ1v) is 8.20. The van der Waals surface area contributed by atoms with Crippen molar-refractivity contribution in [1.29, 1.82) is 0 Å². The Morgan fingerprint density at radius 1 is 1.39 bits per heavy atom. The lowest BCUT2D eigenvalue weighted by Gasteiger charge is -2.37. The van der Waals surface area contributed by atoms with Crippen LogP contribution in [0.2, 0.25) is 0 Å². The van der Waals surface area contributed by atoms with Gasteiger partial charge in [0, 0.05) is 25.2 Å². The van der Waals surface area contributed by atoms with Crippen molar-refractivity contribution in [1.82, 2.24) is 20.0 Å². The van der Waals surface area contributed by atoms with Gasteiger partial charge >= 0.3 is 0 Å². The van der Waals surface area contributed by atoms with Crippen LogP contribution in [0.4, 0.5) is 0 Å². The number of pyridine rings is 1. The van der Waals surface area contributed by atoms with Crippen molar-refractivity contribution in [2.24, 2.45) is 0 Å². The van der Waals surface area contributed by atoms with Gasteiger partial charge in [-0.05, 0) is 44.7 Å². The summed E-state index contributed by atoms with van der Waals surface area (Å²) in [6, 6.07) is 5.41. The summed E-state index contributed by atoms with van der Waals surface area (Å²) in [5.74, 6) is 1.94. The number of carbonyl (C=O) groups excluding carboxylic acids is 1. The molecule has 1 atom stereocenters. The van der Waals surface area contributed by atoms with Crippen molar-refractivity contribution < 1.29 is 9.32 Å². The lowest BCUT2D eigenvalue weighted by atomic mass is 9.81. The first-order valence-electron chi connectivity index (χ1n) is 8.20. The van der Waals surface area contributed by atoms with Crippen LogP contribution < -0.4 is 0 Å². The van der Waals surface area contributed by atoms with E-state index in [-0.39, 0.29) is 11.3 Å². The summed E-state index contributed by atoms with van der Waals surface area (Å²) in [6.45, 7) is 3.44. The van der Waals surface area contributed by atoms with E-state index in [0.29, 0.717) is 24.0 Å². The van der Waals surface area contributed by atoms with Crippen LogP contribution in [0.15, 0.2) is 28.9 Å². The molecule has 1 unspecified atom stereocenters. The summed E-state index contributed by atoms with van der Waals surface area (Å²) >= 11 is 0. The van der Waals surface area contributed by atoms with Gasteiger partial charge in [-0.25, -0.2) is 0 Å². The van der Waals surface area contributed by atoms with Crippen LogP contribution in [0.1, 0.15) is 60.7 Å². The summed E-state index contributed by atoms with van der Waals surface area (Å²) in [5, 5.41) is 4.12. The molecule has 1 aliphatic carbocycles. The fraction of sp³-hybridized carbons (Fsp3) is 0.529. The zero-order chi connectivity index (χ0) is 15.9. The van der Waals surface area contributed by atoms with E-state index in [1.165, 1.54) is 0 Å². The maximum atomic E-state index is 12.6. The topological polar surface area (TPSA) is 72.1 Å². The fourth-order valence-electron chi connectivity index (χ4n) is 3.23. The van der Waals surface area contributed by atoms with Gasteiger partial charge in [0.25, 0.3) is 5.91 Å². The van der Waals surface area contributed by atoms with E-state index in [4.69, 9.17) is 4.52 Å². The standard InChI is InChI=1S/C17H20N4O2/c1-17(16-19-14(20-23-16)12-6-7-12)8-4-10-21(11-17)15(22)13-5-2-3-9-18-13/h2-3,5,9,12H,4,6-8,10-11H2,1H3. The Balaban J connectivity index is 1.54. The highest BCUT2D eigenvalue weighted by molar-refractivity contribution is 5.92. The Morgan fingerprint density at radius 3 is 3.00 bits per heavy atom. The van der Waals surface area contributed by atoms with E-state index < -0.39 is 0 Å². The van der Waals surface area contributed by atoms with Gasteiger partial charge in [0.05, 0.1) is 5.41 Å². The maximum absolute atomic E-state index is 12.6. The second-order valence-electron chi connectivity index (χ2n) is 6.84. The number of aromatic nitrogens is 3. The van der Waals surface area contributed by atoms with Crippen molar-refractivity contribution in [3.63, 3.8) is 0 Å². The molecule has 120 valence electrons. The van der Waals surface area contributed by atoms with Crippen molar-refractivity contribution in [3.8, 4) is 0 Å². The number of piperidine rings is 1. The quantitative estimate of drug-likeness (QED) is 0.871. The van der Waals surface area contributed by atoms with Crippen LogP contribution in [0.5, 0.6) is 0 Å². The molecule has 0 bridgehead atoms. The molecule has 6 heteroatoms. The number of likely N-dealkylation sites (tertiary alicyclic amines) is 1. The molecule has 23 heavy (non-hydrogen) atoms. The van der Waals surface area contributed by atoms with Gasteiger partial charge in [-0.15, -0.1) is 0 Å². The smallest absolute Gasteiger partial charge is 0.272 e. The molecule has 2 aromatic heterocycles. The number of amides is 1. The number of hydrogen-bond acceptors (Lipinski definition) is 5. The molecule has 2 aliphatic rings. The first kappa shape index (κ1) is 14.4. The van der Waals surface area contributed by atoms with E-state index in [0.717, 1.165) is 38.1 Å². The average Bonchev–Trinajstić information content (AvgIpc) is 3.31. The predicted octanol–water partition coefficient (Wildman–Crippen LogP) is 2.54. The Hall–Kier alpha value is -2.24. The zero-order valence-corrected chi connectivity index (χ0v) is 13.2. The summed E-state index contributed by atoms with van der Waals surface area (Å²) in [4.78, 5) is 23.3. The summed E-state index contributed by atoms with van der Waals surface area (Å²) < 4.78 is 5.53. The molecule has 0 aromatic carbocycles. The molecule has 1 saturated heterocycles. The molecule has 0 radical (unpaired) electrons. The summed E-state index contributed by atoms with van der Waals surface area (Å²) in [5.41, 5.74) is 0.212. The second kappa shape index (κ2) is 5.44. The molecule has 2 aromatic rings. The van der Waals surface area contributed by atoms with Gasteiger partial charge in [-0.3, -0.25) is 9.78 Å². The highest BCUT2D eigenvalue weighted by Gasteiger charge is 2.40. The van der Waals surface area contributed by atoms with Gasteiger partial charge in [-0.2, -0.15) is 4.98 Å². The Labute approximate surface area is 134 Å². The van der Waals surface area contributed by atoms with E-state index in [1.54, 1.807) is 12.3 Å². The van der Waals surface area contributed by atoms with Gasteiger partial charge in [0.1, 0.15) is 5.69 Å². The lowest BCUT2D eigenvalue weighted by Crippen LogP contribution is -2.47. The van der Waals surface area contributed by atoms with E-state index >= 15 is 0 Å². The molecule has 1 saturated carbocycles. The fourth-order valence-corrected chi connectivity index (χ4v) is 3.23. The number of rotatable bonds is 3. The Kier molecular flexibility index (Phi) is 3.39.